The van der Waals surface area contributed by atoms with E-state index in [4.69, 9.17) is 14.2 Å². The zero-order chi connectivity index (χ0) is 18.4. The average molecular weight is 369 g/mol. The minimum absolute atomic E-state index is 0.000666. The highest BCUT2D eigenvalue weighted by molar-refractivity contribution is 5.81. The van der Waals surface area contributed by atoms with Gasteiger partial charge >= 0.3 is 6.03 Å². The van der Waals surface area contributed by atoms with Crippen molar-refractivity contribution in [2.45, 2.75) is 38.4 Å². The predicted molar refractivity (Wildman–Crippen MR) is 94.9 cm³/mol. The molecule has 0 aromatic heterocycles. The summed E-state index contributed by atoms with van der Waals surface area (Å²) in [5, 5.41) is 0. The maximum atomic E-state index is 12.6. The van der Waals surface area contributed by atoms with E-state index in [1.165, 1.54) is 0 Å². The summed E-state index contributed by atoms with van der Waals surface area (Å²) in [5.74, 6) is -0.000666. The number of morpholine rings is 1. The monoisotopic (exact) mass is 369 g/mol. The number of nitrogens with zero attached hydrogens (tertiary/aromatic N) is 3. The molecule has 0 aliphatic carbocycles. The van der Waals surface area contributed by atoms with E-state index in [9.17, 15) is 9.59 Å². The molecular weight excluding hydrogens is 338 g/mol. The molecule has 0 N–H and O–H groups in total. The number of ether oxygens (including phenoxy) is 3. The summed E-state index contributed by atoms with van der Waals surface area (Å²) in [5.41, 5.74) is 0. The minimum Gasteiger partial charge on any atom is -0.378 e. The van der Waals surface area contributed by atoms with E-state index in [0.29, 0.717) is 59.1 Å². The van der Waals surface area contributed by atoms with Gasteiger partial charge in [0, 0.05) is 45.9 Å². The number of hydrogen-bond acceptors (Lipinski definition) is 5. The number of piperazine rings is 1. The van der Waals surface area contributed by atoms with Crippen molar-refractivity contribution < 1.29 is 23.8 Å². The van der Waals surface area contributed by atoms with Gasteiger partial charge in [0.2, 0.25) is 0 Å². The quantitative estimate of drug-likeness (QED) is 0.724. The van der Waals surface area contributed by atoms with Crippen LogP contribution in [0.4, 0.5) is 4.79 Å². The molecule has 8 nitrogen and oxygen atoms in total. The molecular formula is C18H31N3O5. The number of urea groups is 1. The fourth-order valence-corrected chi connectivity index (χ4v) is 3.59. The van der Waals surface area contributed by atoms with E-state index in [2.05, 4.69) is 0 Å². The van der Waals surface area contributed by atoms with Gasteiger partial charge in [-0.15, -0.1) is 0 Å². The first-order valence-corrected chi connectivity index (χ1v) is 9.79. The second-order valence-electron chi connectivity index (χ2n) is 7.16. The third-order valence-corrected chi connectivity index (χ3v) is 5.30. The highest BCUT2D eigenvalue weighted by Crippen LogP contribution is 2.14. The van der Waals surface area contributed by atoms with E-state index in [1.807, 2.05) is 9.80 Å². The molecule has 3 aliphatic heterocycles. The number of carbonyl (C=O) groups excluding carboxylic acids is 2. The topological polar surface area (TPSA) is 71.6 Å². The summed E-state index contributed by atoms with van der Waals surface area (Å²) in [4.78, 5) is 30.5. The summed E-state index contributed by atoms with van der Waals surface area (Å²) in [6.45, 7) is 7.81. The van der Waals surface area contributed by atoms with Crippen molar-refractivity contribution in [1.29, 1.82) is 0 Å². The Balaban J connectivity index is 1.38. The fourth-order valence-electron chi connectivity index (χ4n) is 3.59. The van der Waals surface area contributed by atoms with Crippen LogP contribution in [0.25, 0.3) is 0 Å². The second kappa shape index (κ2) is 9.53. The molecule has 0 aromatic carbocycles. The van der Waals surface area contributed by atoms with Crippen LogP contribution in [0.1, 0.15) is 26.2 Å². The summed E-state index contributed by atoms with van der Waals surface area (Å²) >= 11 is 0. The first-order chi connectivity index (χ1) is 12.6. The lowest BCUT2D eigenvalue weighted by atomic mass is 10.1. The van der Waals surface area contributed by atoms with Crippen molar-refractivity contribution in [2.75, 3.05) is 65.7 Å². The SMILES string of the molecule is CC(OCC1CCCCO1)C(=O)N1CCN(C(=O)N2CCOCC2)CC1. The van der Waals surface area contributed by atoms with Gasteiger partial charge in [-0.05, 0) is 26.2 Å². The normalized spacial score (nSPS) is 25.9. The Labute approximate surface area is 155 Å². The van der Waals surface area contributed by atoms with Crippen LogP contribution in [0.2, 0.25) is 0 Å². The van der Waals surface area contributed by atoms with Gasteiger partial charge < -0.3 is 28.9 Å². The standard InChI is InChI=1S/C18H31N3O5/c1-15(26-14-16-4-2-3-11-25-16)17(22)19-5-7-20(8-6-19)18(23)21-9-12-24-13-10-21/h15-16H,2-14H2,1H3. The Morgan fingerprint density at radius 3 is 2.27 bits per heavy atom. The third-order valence-electron chi connectivity index (χ3n) is 5.30. The highest BCUT2D eigenvalue weighted by atomic mass is 16.5. The Morgan fingerprint density at radius 1 is 0.962 bits per heavy atom. The first kappa shape index (κ1) is 19.4. The maximum Gasteiger partial charge on any atom is 0.320 e. The first-order valence-electron chi connectivity index (χ1n) is 9.79. The molecule has 2 unspecified atom stereocenters. The molecule has 0 spiro atoms. The lowest BCUT2D eigenvalue weighted by Crippen LogP contribution is -2.56. The van der Waals surface area contributed by atoms with E-state index >= 15 is 0 Å². The van der Waals surface area contributed by atoms with Crippen LogP contribution in [0.3, 0.4) is 0 Å². The van der Waals surface area contributed by atoms with Crippen LogP contribution in [0.15, 0.2) is 0 Å². The third kappa shape index (κ3) is 5.08. The van der Waals surface area contributed by atoms with Gasteiger partial charge in [0.15, 0.2) is 0 Å². The smallest absolute Gasteiger partial charge is 0.320 e. The molecule has 26 heavy (non-hydrogen) atoms. The van der Waals surface area contributed by atoms with E-state index in [-0.39, 0.29) is 18.0 Å². The van der Waals surface area contributed by atoms with Crippen molar-refractivity contribution in [3.05, 3.63) is 0 Å². The molecule has 3 fully saturated rings. The predicted octanol–water partition coefficient (Wildman–Crippen LogP) is 0.557. The largest absolute Gasteiger partial charge is 0.378 e. The van der Waals surface area contributed by atoms with Crippen LogP contribution in [-0.2, 0) is 19.0 Å². The van der Waals surface area contributed by atoms with Crippen molar-refractivity contribution >= 4 is 11.9 Å². The molecule has 2 atom stereocenters. The average Bonchev–Trinajstić information content (AvgIpc) is 2.72. The zero-order valence-corrected chi connectivity index (χ0v) is 15.7. The van der Waals surface area contributed by atoms with E-state index in [1.54, 1.807) is 11.8 Å². The Morgan fingerprint density at radius 2 is 1.62 bits per heavy atom. The van der Waals surface area contributed by atoms with Crippen molar-refractivity contribution in [2.24, 2.45) is 0 Å². The van der Waals surface area contributed by atoms with E-state index in [0.717, 1.165) is 25.9 Å². The Bertz CT molecular complexity index is 469. The van der Waals surface area contributed by atoms with Gasteiger partial charge in [0.05, 0.1) is 25.9 Å². The molecule has 3 aliphatic rings. The molecule has 0 radical (unpaired) electrons. The highest BCUT2D eigenvalue weighted by Gasteiger charge is 2.30. The fraction of sp³-hybridized carbons (Fsp3) is 0.889. The van der Waals surface area contributed by atoms with Crippen LogP contribution < -0.4 is 0 Å². The number of rotatable bonds is 4. The number of hydrogen-bond donors (Lipinski definition) is 0. The molecule has 8 heteroatoms. The summed E-state index contributed by atoms with van der Waals surface area (Å²) in [6, 6.07) is 0.0548. The van der Waals surface area contributed by atoms with Gasteiger partial charge in [-0.25, -0.2) is 4.79 Å². The zero-order valence-electron chi connectivity index (χ0n) is 15.7. The van der Waals surface area contributed by atoms with Crippen molar-refractivity contribution in [3.63, 3.8) is 0 Å². The molecule has 148 valence electrons. The van der Waals surface area contributed by atoms with Gasteiger partial charge in [0.1, 0.15) is 6.10 Å². The maximum absolute atomic E-state index is 12.6. The molecule has 0 saturated carbocycles. The number of carbonyl (C=O) groups is 2. The van der Waals surface area contributed by atoms with Gasteiger partial charge in [-0.2, -0.15) is 0 Å². The lowest BCUT2D eigenvalue weighted by molar-refractivity contribution is -0.147. The molecule has 3 heterocycles. The summed E-state index contributed by atoms with van der Waals surface area (Å²) in [6.07, 6.45) is 2.92. The minimum atomic E-state index is -0.470. The van der Waals surface area contributed by atoms with Crippen molar-refractivity contribution in [3.8, 4) is 0 Å². The molecule has 0 aromatic rings. The van der Waals surface area contributed by atoms with Gasteiger partial charge in [-0.1, -0.05) is 0 Å². The molecule has 3 saturated heterocycles. The lowest BCUT2D eigenvalue weighted by Gasteiger charge is -2.39. The number of amides is 3. The second-order valence-corrected chi connectivity index (χ2v) is 7.16. The van der Waals surface area contributed by atoms with Crippen LogP contribution in [-0.4, -0.2) is 105 Å². The summed E-state index contributed by atoms with van der Waals surface area (Å²) in [7, 11) is 0. The van der Waals surface area contributed by atoms with Crippen molar-refractivity contribution in [1.82, 2.24) is 14.7 Å². The Kier molecular flexibility index (Phi) is 7.10. The Hall–Kier alpha value is -1.38. The van der Waals surface area contributed by atoms with Gasteiger partial charge in [-0.3, -0.25) is 4.79 Å². The molecule has 3 amide bonds. The van der Waals surface area contributed by atoms with E-state index < -0.39 is 6.10 Å². The molecule has 0 bridgehead atoms. The van der Waals surface area contributed by atoms with Crippen LogP contribution >= 0.6 is 0 Å². The van der Waals surface area contributed by atoms with Crippen LogP contribution in [0, 0.1) is 0 Å². The molecule has 3 rings (SSSR count). The van der Waals surface area contributed by atoms with Crippen LogP contribution in [0.5, 0.6) is 0 Å². The summed E-state index contributed by atoms with van der Waals surface area (Å²) < 4.78 is 16.7. The van der Waals surface area contributed by atoms with Gasteiger partial charge in [0.25, 0.3) is 5.91 Å².